The third-order valence-electron chi connectivity index (χ3n) is 2.47. The van der Waals surface area contributed by atoms with Crippen molar-refractivity contribution in [1.82, 2.24) is 0 Å². The van der Waals surface area contributed by atoms with E-state index in [1.165, 1.54) is 12.1 Å². The molecule has 4 N–H and O–H groups in total. The molecule has 16 heavy (non-hydrogen) atoms. The molecule has 0 fully saturated rings. The van der Waals surface area contributed by atoms with Crippen LogP contribution in [-0.2, 0) is 0 Å². The minimum absolute atomic E-state index is 0.0568. The molecule has 0 aromatic heterocycles. The van der Waals surface area contributed by atoms with Gasteiger partial charge in [-0.15, -0.1) is 0 Å². The van der Waals surface area contributed by atoms with Crippen LogP contribution in [0.3, 0.4) is 0 Å². The van der Waals surface area contributed by atoms with Crippen molar-refractivity contribution in [3.8, 4) is 0 Å². The number of halogens is 3. The van der Waals surface area contributed by atoms with Gasteiger partial charge in [0.15, 0.2) is 0 Å². The van der Waals surface area contributed by atoms with Crippen molar-refractivity contribution < 1.29 is 13.2 Å². The quantitative estimate of drug-likeness (QED) is 0.770. The van der Waals surface area contributed by atoms with E-state index in [0.717, 1.165) is 5.56 Å². The number of rotatable bonds is 2. The summed E-state index contributed by atoms with van der Waals surface area (Å²) in [4.78, 5) is 0. The summed E-state index contributed by atoms with van der Waals surface area (Å²) in [5.74, 6) is 0.139. The molecule has 0 saturated heterocycles. The van der Waals surface area contributed by atoms with E-state index in [0.29, 0.717) is 0 Å². The molecule has 0 heterocycles. The molecule has 1 aromatic carbocycles. The second-order valence-corrected chi connectivity index (χ2v) is 4.06. The number of benzene rings is 1. The molecule has 0 bridgehead atoms. The van der Waals surface area contributed by atoms with Crippen LogP contribution in [0.4, 0.5) is 18.9 Å². The number of anilines is 1. The predicted octanol–water partition coefficient (Wildman–Crippen LogP) is 2.95. The van der Waals surface area contributed by atoms with Gasteiger partial charge in [0, 0.05) is 11.3 Å². The lowest BCUT2D eigenvalue weighted by Crippen LogP contribution is -2.29. The third kappa shape index (κ3) is 2.66. The van der Waals surface area contributed by atoms with E-state index in [2.05, 4.69) is 0 Å². The van der Waals surface area contributed by atoms with Gasteiger partial charge in [0.25, 0.3) is 0 Å². The Labute approximate surface area is 92.4 Å². The summed E-state index contributed by atoms with van der Waals surface area (Å²) < 4.78 is 37.4. The van der Waals surface area contributed by atoms with Crippen molar-refractivity contribution >= 4 is 5.69 Å². The first kappa shape index (κ1) is 12.8. The summed E-state index contributed by atoms with van der Waals surface area (Å²) in [6.45, 7) is 3.79. The van der Waals surface area contributed by atoms with Crippen LogP contribution in [0.5, 0.6) is 0 Å². The van der Waals surface area contributed by atoms with E-state index in [-0.39, 0.29) is 17.2 Å². The van der Waals surface area contributed by atoms with Crippen LogP contribution in [0.25, 0.3) is 0 Å². The highest BCUT2D eigenvalue weighted by Gasteiger charge is 2.38. The highest BCUT2D eigenvalue weighted by molar-refractivity contribution is 5.51. The zero-order chi connectivity index (χ0) is 12.5. The van der Waals surface area contributed by atoms with Crippen molar-refractivity contribution in [3.05, 3.63) is 29.3 Å². The van der Waals surface area contributed by atoms with E-state index in [4.69, 9.17) is 11.5 Å². The van der Waals surface area contributed by atoms with Crippen molar-refractivity contribution in [2.75, 3.05) is 5.73 Å². The summed E-state index contributed by atoms with van der Waals surface area (Å²) >= 11 is 0. The first-order chi connectivity index (χ1) is 7.23. The number of hydrogen-bond acceptors (Lipinski definition) is 2. The van der Waals surface area contributed by atoms with Gasteiger partial charge in [0.05, 0.1) is 0 Å². The minimum Gasteiger partial charge on any atom is -0.398 e. The number of alkyl halides is 3. The van der Waals surface area contributed by atoms with Gasteiger partial charge in [-0.25, -0.2) is 0 Å². The van der Waals surface area contributed by atoms with Crippen LogP contribution in [0.2, 0.25) is 0 Å². The maximum atomic E-state index is 12.5. The summed E-state index contributed by atoms with van der Waals surface area (Å²) in [5.41, 5.74) is 11.5. The molecule has 1 aromatic rings. The molecule has 2 nitrogen and oxygen atoms in total. The van der Waals surface area contributed by atoms with E-state index < -0.39 is 12.2 Å². The average molecular weight is 232 g/mol. The Bertz CT molecular complexity index is 372. The van der Waals surface area contributed by atoms with Gasteiger partial charge < -0.3 is 11.5 Å². The van der Waals surface area contributed by atoms with Gasteiger partial charge in [0.1, 0.15) is 6.04 Å². The molecule has 0 aliphatic heterocycles. The first-order valence-corrected chi connectivity index (χ1v) is 4.95. The number of hydrogen-bond donors (Lipinski definition) is 2. The third-order valence-corrected chi connectivity index (χ3v) is 2.47. The van der Waals surface area contributed by atoms with Crippen LogP contribution >= 0.6 is 0 Å². The lowest BCUT2D eigenvalue weighted by atomic mass is 9.96. The molecule has 0 aliphatic carbocycles. The van der Waals surface area contributed by atoms with Crippen molar-refractivity contribution in [3.63, 3.8) is 0 Å². The van der Waals surface area contributed by atoms with E-state index >= 15 is 0 Å². The second kappa shape index (κ2) is 4.33. The Kier molecular flexibility index (Phi) is 3.48. The normalized spacial score (nSPS) is 14.2. The fraction of sp³-hybridized carbons (Fsp3) is 0.455. The van der Waals surface area contributed by atoms with E-state index in [1.807, 2.05) is 13.8 Å². The molecule has 1 atom stereocenters. The van der Waals surface area contributed by atoms with Gasteiger partial charge in [-0.3, -0.25) is 0 Å². The minimum atomic E-state index is -4.47. The number of nitrogens with two attached hydrogens (primary N) is 2. The van der Waals surface area contributed by atoms with Crippen LogP contribution in [-0.4, -0.2) is 6.18 Å². The first-order valence-electron chi connectivity index (χ1n) is 4.95. The molecule has 0 aliphatic rings. The highest BCUT2D eigenvalue weighted by atomic mass is 19.4. The van der Waals surface area contributed by atoms with Gasteiger partial charge in [0.2, 0.25) is 0 Å². The Morgan fingerprint density at radius 1 is 1.19 bits per heavy atom. The summed E-state index contributed by atoms with van der Waals surface area (Å²) in [7, 11) is 0. The lowest BCUT2D eigenvalue weighted by Gasteiger charge is -2.19. The van der Waals surface area contributed by atoms with Crippen molar-refractivity contribution in [2.45, 2.75) is 32.0 Å². The Morgan fingerprint density at radius 3 is 2.19 bits per heavy atom. The van der Waals surface area contributed by atoms with Gasteiger partial charge in [-0.2, -0.15) is 13.2 Å². The van der Waals surface area contributed by atoms with Crippen LogP contribution in [0.1, 0.15) is 36.9 Å². The topological polar surface area (TPSA) is 52.0 Å². The molecule has 0 spiro atoms. The molecule has 0 amide bonds. The zero-order valence-electron chi connectivity index (χ0n) is 9.18. The van der Waals surface area contributed by atoms with Crippen LogP contribution < -0.4 is 11.5 Å². The summed E-state index contributed by atoms with van der Waals surface area (Å²) in [5, 5.41) is 0. The van der Waals surface area contributed by atoms with Gasteiger partial charge in [-0.1, -0.05) is 26.0 Å². The predicted molar refractivity (Wildman–Crippen MR) is 57.9 cm³/mol. The van der Waals surface area contributed by atoms with Gasteiger partial charge >= 0.3 is 6.18 Å². The molecular formula is C11H15F3N2. The van der Waals surface area contributed by atoms with E-state index in [1.54, 1.807) is 6.07 Å². The Balaban J connectivity index is 3.17. The van der Waals surface area contributed by atoms with Gasteiger partial charge in [-0.05, 0) is 17.5 Å². The van der Waals surface area contributed by atoms with Crippen molar-refractivity contribution in [2.24, 2.45) is 5.73 Å². The Morgan fingerprint density at radius 2 is 1.75 bits per heavy atom. The zero-order valence-corrected chi connectivity index (χ0v) is 9.18. The standard InChI is InChI=1S/C11H15F3N2/c1-6(2)7-3-4-9(15)8(5-7)10(16)11(12,13)14/h3-6,10H,15-16H2,1-2H3/t10-/m1/s1. The highest BCUT2D eigenvalue weighted by Crippen LogP contribution is 2.34. The summed E-state index contributed by atoms with van der Waals surface area (Å²) in [6, 6.07) is 2.59. The molecule has 90 valence electrons. The largest absolute Gasteiger partial charge is 0.407 e. The Hall–Kier alpha value is -1.23. The van der Waals surface area contributed by atoms with Crippen LogP contribution in [0, 0.1) is 0 Å². The fourth-order valence-electron chi connectivity index (χ4n) is 1.40. The van der Waals surface area contributed by atoms with E-state index in [9.17, 15) is 13.2 Å². The summed E-state index contributed by atoms with van der Waals surface area (Å²) in [6.07, 6.45) is -4.47. The number of nitrogen functional groups attached to an aromatic ring is 1. The molecule has 0 saturated carbocycles. The molecular weight excluding hydrogens is 217 g/mol. The molecule has 1 rings (SSSR count). The maximum absolute atomic E-state index is 12.5. The smallest absolute Gasteiger partial charge is 0.398 e. The van der Waals surface area contributed by atoms with Crippen LogP contribution in [0.15, 0.2) is 18.2 Å². The lowest BCUT2D eigenvalue weighted by molar-refractivity contribution is -0.149. The second-order valence-electron chi connectivity index (χ2n) is 4.06. The maximum Gasteiger partial charge on any atom is 0.407 e. The molecule has 0 radical (unpaired) electrons. The molecule has 5 heteroatoms. The monoisotopic (exact) mass is 232 g/mol. The fourth-order valence-corrected chi connectivity index (χ4v) is 1.40. The van der Waals surface area contributed by atoms with Crippen molar-refractivity contribution in [1.29, 1.82) is 0 Å². The SMILES string of the molecule is CC(C)c1ccc(N)c([C@@H](N)C(F)(F)F)c1. The average Bonchev–Trinajstić information content (AvgIpc) is 2.15. The molecule has 0 unspecified atom stereocenters.